The molecule has 0 N–H and O–H groups in total. The standard InChI is InChI=1S/C12H7BrClIS/c13-11-6-5-10(7-12(11)15)16-9-3-1-8(14)2-4-9/h1-7H. The maximum Gasteiger partial charge on any atom is 0.0406 e. The molecule has 82 valence electrons. The Balaban J connectivity index is 2.20. The summed E-state index contributed by atoms with van der Waals surface area (Å²) in [5.74, 6) is 0. The first kappa shape index (κ1) is 12.7. The van der Waals surface area contributed by atoms with Crippen LogP contribution in [0.3, 0.4) is 0 Å². The lowest BCUT2D eigenvalue weighted by Gasteiger charge is -2.03. The Labute approximate surface area is 126 Å². The third-order valence-electron chi connectivity index (χ3n) is 1.94. The third-order valence-corrected chi connectivity index (χ3v) is 5.52. The topological polar surface area (TPSA) is 0 Å². The van der Waals surface area contributed by atoms with Crippen LogP contribution < -0.4 is 0 Å². The molecule has 16 heavy (non-hydrogen) atoms. The van der Waals surface area contributed by atoms with Gasteiger partial charge in [0.05, 0.1) is 0 Å². The number of halogens is 3. The van der Waals surface area contributed by atoms with Crippen LogP contribution in [0.15, 0.2) is 56.7 Å². The lowest BCUT2D eigenvalue weighted by molar-refractivity contribution is 1.38. The van der Waals surface area contributed by atoms with E-state index in [2.05, 4.69) is 56.7 Å². The van der Waals surface area contributed by atoms with Crippen LogP contribution >= 0.6 is 61.9 Å². The quantitative estimate of drug-likeness (QED) is 0.543. The summed E-state index contributed by atoms with van der Waals surface area (Å²) in [6.45, 7) is 0. The summed E-state index contributed by atoms with van der Waals surface area (Å²) in [4.78, 5) is 2.43. The predicted octanol–water partition coefficient (Wildman–Crippen LogP) is 5.86. The summed E-state index contributed by atoms with van der Waals surface area (Å²) >= 11 is 13.4. The van der Waals surface area contributed by atoms with Crippen molar-refractivity contribution in [1.29, 1.82) is 0 Å². The van der Waals surface area contributed by atoms with Gasteiger partial charge in [0.15, 0.2) is 0 Å². The molecule has 0 spiro atoms. The van der Waals surface area contributed by atoms with E-state index < -0.39 is 0 Å². The van der Waals surface area contributed by atoms with Gasteiger partial charge >= 0.3 is 0 Å². The van der Waals surface area contributed by atoms with E-state index in [-0.39, 0.29) is 0 Å². The number of benzene rings is 2. The molecule has 0 saturated carbocycles. The minimum atomic E-state index is 0.773. The Hall–Kier alpha value is 0.290. The van der Waals surface area contributed by atoms with Crippen LogP contribution in [0.5, 0.6) is 0 Å². The van der Waals surface area contributed by atoms with Crippen LogP contribution in [0.4, 0.5) is 0 Å². The monoisotopic (exact) mass is 424 g/mol. The Morgan fingerprint density at radius 1 is 1.00 bits per heavy atom. The third kappa shape index (κ3) is 3.39. The molecule has 0 amide bonds. The predicted molar refractivity (Wildman–Crippen MR) is 82.4 cm³/mol. The van der Waals surface area contributed by atoms with E-state index in [0.29, 0.717) is 0 Å². The average molecular weight is 426 g/mol. The molecule has 0 fully saturated rings. The Morgan fingerprint density at radius 2 is 1.62 bits per heavy atom. The van der Waals surface area contributed by atoms with Crippen LogP contribution in [0, 0.1) is 3.57 Å². The maximum absolute atomic E-state index is 5.84. The van der Waals surface area contributed by atoms with Crippen molar-refractivity contribution in [2.24, 2.45) is 0 Å². The molecule has 0 aliphatic heterocycles. The van der Waals surface area contributed by atoms with Gasteiger partial charge in [-0.25, -0.2) is 0 Å². The van der Waals surface area contributed by atoms with Crippen molar-refractivity contribution in [2.75, 3.05) is 0 Å². The van der Waals surface area contributed by atoms with Crippen LogP contribution in [0.25, 0.3) is 0 Å². The molecule has 0 heterocycles. The number of hydrogen-bond acceptors (Lipinski definition) is 1. The van der Waals surface area contributed by atoms with Gasteiger partial charge in [0.1, 0.15) is 0 Å². The summed E-state index contributed by atoms with van der Waals surface area (Å²) < 4.78 is 2.35. The summed E-state index contributed by atoms with van der Waals surface area (Å²) in [6.07, 6.45) is 0. The Kier molecular flexibility index (Phi) is 4.58. The molecule has 0 atom stereocenters. The minimum absolute atomic E-state index is 0.773. The van der Waals surface area contributed by atoms with E-state index in [9.17, 15) is 0 Å². The molecule has 2 rings (SSSR count). The van der Waals surface area contributed by atoms with Gasteiger partial charge in [-0.2, -0.15) is 0 Å². The molecule has 0 aliphatic carbocycles. The normalized spacial score (nSPS) is 10.4. The van der Waals surface area contributed by atoms with E-state index >= 15 is 0 Å². The van der Waals surface area contributed by atoms with Gasteiger partial charge in [-0.15, -0.1) is 0 Å². The summed E-state index contributed by atoms with van der Waals surface area (Å²) in [5.41, 5.74) is 0. The zero-order valence-electron chi connectivity index (χ0n) is 8.08. The molecule has 2 aromatic rings. The van der Waals surface area contributed by atoms with Gasteiger partial charge in [-0.05, 0) is 81.0 Å². The van der Waals surface area contributed by atoms with Crippen LogP contribution in [-0.4, -0.2) is 0 Å². The highest BCUT2D eigenvalue weighted by Gasteiger charge is 2.01. The van der Waals surface area contributed by atoms with Crippen molar-refractivity contribution in [3.63, 3.8) is 0 Å². The zero-order chi connectivity index (χ0) is 11.5. The fourth-order valence-electron chi connectivity index (χ4n) is 1.18. The molecular weight excluding hydrogens is 418 g/mol. The van der Waals surface area contributed by atoms with Crippen LogP contribution in [0.2, 0.25) is 5.02 Å². The largest absolute Gasteiger partial charge is 0.0901 e. The molecule has 0 nitrogen and oxygen atoms in total. The lowest BCUT2D eigenvalue weighted by Crippen LogP contribution is -1.77. The highest BCUT2D eigenvalue weighted by molar-refractivity contribution is 14.1. The Morgan fingerprint density at radius 3 is 2.25 bits per heavy atom. The van der Waals surface area contributed by atoms with Gasteiger partial charge in [-0.3, -0.25) is 0 Å². The van der Waals surface area contributed by atoms with Gasteiger partial charge in [-0.1, -0.05) is 23.4 Å². The van der Waals surface area contributed by atoms with Crippen molar-refractivity contribution in [3.8, 4) is 0 Å². The maximum atomic E-state index is 5.84. The Bertz CT molecular complexity index is 499. The summed E-state index contributed by atoms with van der Waals surface area (Å²) in [7, 11) is 0. The van der Waals surface area contributed by atoms with Gasteiger partial charge < -0.3 is 0 Å². The molecule has 0 saturated heterocycles. The highest BCUT2D eigenvalue weighted by atomic mass is 127. The molecule has 2 aromatic carbocycles. The SMILES string of the molecule is Clc1ccc(Sc2ccc(Br)c(I)c2)cc1. The molecule has 0 bridgehead atoms. The second-order valence-electron chi connectivity index (χ2n) is 3.13. The first-order valence-corrected chi connectivity index (χ1v) is 7.60. The average Bonchev–Trinajstić information content (AvgIpc) is 2.27. The molecule has 4 heteroatoms. The van der Waals surface area contributed by atoms with E-state index in [0.717, 1.165) is 9.50 Å². The smallest absolute Gasteiger partial charge is 0.0406 e. The van der Waals surface area contributed by atoms with Crippen molar-refractivity contribution in [2.45, 2.75) is 9.79 Å². The van der Waals surface area contributed by atoms with Crippen molar-refractivity contribution >= 4 is 61.9 Å². The zero-order valence-corrected chi connectivity index (χ0v) is 13.4. The summed E-state index contributed by atoms with van der Waals surface area (Å²) in [6, 6.07) is 14.2. The van der Waals surface area contributed by atoms with E-state index in [1.54, 1.807) is 11.8 Å². The van der Waals surface area contributed by atoms with Crippen LogP contribution in [0.1, 0.15) is 0 Å². The molecule has 0 unspecified atom stereocenters. The summed E-state index contributed by atoms with van der Waals surface area (Å²) in [5, 5.41) is 0.773. The molecule has 0 aromatic heterocycles. The first-order valence-electron chi connectivity index (χ1n) is 4.53. The van der Waals surface area contributed by atoms with Crippen LogP contribution in [-0.2, 0) is 0 Å². The number of hydrogen-bond donors (Lipinski definition) is 0. The van der Waals surface area contributed by atoms with Gasteiger partial charge in [0, 0.05) is 22.9 Å². The second kappa shape index (κ2) is 5.76. The van der Waals surface area contributed by atoms with Gasteiger partial charge in [0.2, 0.25) is 0 Å². The van der Waals surface area contributed by atoms with Gasteiger partial charge in [0.25, 0.3) is 0 Å². The fourth-order valence-corrected chi connectivity index (χ4v) is 3.14. The van der Waals surface area contributed by atoms with E-state index in [1.165, 1.54) is 13.4 Å². The molecule has 0 radical (unpaired) electrons. The van der Waals surface area contributed by atoms with Crippen molar-refractivity contribution in [1.82, 2.24) is 0 Å². The minimum Gasteiger partial charge on any atom is -0.0901 e. The second-order valence-corrected chi connectivity index (χ2v) is 6.73. The highest BCUT2D eigenvalue weighted by Crippen LogP contribution is 2.31. The van der Waals surface area contributed by atoms with E-state index in [4.69, 9.17) is 11.6 Å². The van der Waals surface area contributed by atoms with Crippen molar-refractivity contribution < 1.29 is 0 Å². The van der Waals surface area contributed by atoms with Crippen molar-refractivity contribution in [3.05, 3.63) is 55.5 Å². The molecular formula is C12H7BrClIS. The first-order chi connectivity index (χ1) is 7.65. The molecule has 0 aliphatic rings. The van der Waals surface area contributed by atoms with E-state index in [1.807, 2.05) is 24.3 Å². The number of rotatable bonds is 2. The lowest BCUT2D eigenvalue weighted by atomic mass is 10.4. The fraction of sp³-hybridized carbons (Fsp3) is 0.